The molecule has 0 radical (unpaired) electrons. The number of nitrogens with zero attached hydrogens (tertiary/aromatic N) is 2. The molecule has 12 aromatic rings. The van der Waals surface area contributed by atoms with Gasteiger partial charge in [0.05, 0.1) is 10.2 Å². The average Bonchev–Trinajstić information content (AvgIpc) is 4.04. The Morgan fingerprint density at radius 1 is 0.400 bits per heavy atom. The second-order valence-corrected chi connectivity index (χ2v) is 17.1. The zero-order valence-electron chi connectivity index (χ0n) is 32.2. The highest BCUT2D eigenvalue weighted by atomic mass is 32.1. The lowest BCUT2D eigenvalue weighted by atomic mass is 10.0. The van der Waals surface area contributed by atoms with Crippen molar-refractivity contribution in [2.24, 2.45) is 0 Å². The fourth-order valence-electron chi connectivity index (χ4n) is 8.66. The molecule has 0 aliphatic heterocycles. The minimum absolute atomic E-state index is 0.905. The smallest absolute Gasteiger partial charge is 0.143 e. The maximum atomic E-state index is 6.44. The molecule has 0 aliphatic rings. The molecule has 60 heavy (non-hydrogen) atoms. The minimum atomic E-state index is 0.905. The number of benzene rings is 9. The highest BCUT2D eigenvalue weighted by molar-refractivity contribution is 7.28. The SMILES string of the molecule is c1ccc(-c2ccc(N(c3ccc(-c4cccc5c4oc4ccccc45)cc3)c3cccc(-c4cccc5c4sc4ccc6nc(-c7ccccc7)sc6c45)c3)cc2)cc1. The molecule has 0 unspecified atom stereocenters. The number of hydrogen-bond acceptors (Lipinski definition) is 5. The van der Waals surface area contributed by atoms with Crippen LogP contribution in [0.25, 0.3) is 96.3 Å². The van der Waals surface area contributed by atoms with E-state index in [4.69, 9.17) is 9.40 Å². The molecular weight excluding hydrogens is 769 g/mol. The fraction of sp³-hybridized carbons (Fsp3) is 0. The van der Waals surface area contributed by atoms with Gasteiger partial charge < -0.3 is 9.32 Å². The van der Waals surface area contributed by atoms with Gasteiger partial charge in [0, 0.05) is 59.1 Å². The van der Waals surface area contributed by atoms with Crippen LogP contribution in [0.5, 0.6) is 0 Å². The molecular formula is C55H34N2OS2. The van der Waals surface area contributed by atoms with E-state index in [2.05, 4.69) is 199 Å². The molecule has 282 valence electrons. The van der Waals surface area contributed by atoms with Crippen LogP contribution in [0.1, 0.15) is 0 Å². The number of thiazole rings is 1. The Hall–Kier alpha value is -7.31. The second kappa shape index (κ2) is 14.2. The largest absolute Gasteiger partial charge is 0.455 e. The third-order valence-electron chi connectivity index (χ3n) is 11.5. The molecule has 0 N–H and O–H groups in total. The van der Waals surface area contributed by atoms with E-state index in [9.17, 15) is 0 Å². The van der Waals surface area contributed by atoms with E-state index in [1.54, 1.807) is 11.3 Å². The van der Waals surface area contributed by atoms with Crippen LogP contribution >= 0.6 is 22.7 Å². The van der Waals surface area contributed by atoms with Gasteiger partial charge in [-0.2, -0.15) is 0 Å². The number of aromatic nitrogens is 1. The molecule has 5 heteroatoms. The van der Waals surface area contributed by atoms with Crippen LogP contribution in [0.3, 0.4) is 0 Å². The molecule has 0 bridgehead atoms. The highest BCUT2D eigenvalue weighted by Crippen LogP contribution is 2.47. The lowest BCUT2D eigenvalue weighted by molar-refractivity contribution is 0.670. The van der Waals surface area contributed by atoms with Crippen LogP contribution in [-0.4, -0.2) is 4.98 Å². The minimum Gasteiger partial charge on any atom is -0.455 e. The van der Waals surface area contributed by atoms with Crippen molar-refractivity contribution in [2.45, 2.75) is 0 Å². The maximum absolute atomic E-state index is 6.44. The topological polar surface area (TPSA) is 29.3 Å². The van der Waals surface area contributed by atoms with Crippen molar-refractivity contribution in [3.05, 3.63) is 206 Å². The summed E-state index contributed by atoms with van der Waals surface area (Å²) in [6, 6.07) is 73.7. The first kappa shape index (κ1) is 34.7. The number of anilines is 3. The monoisotopic (exact) mass is 802 g/mol. The third-order valence-corrected chi connectivity index (χ3v) is 13.9. The first-order valence-electron chi connectivity index (χ1n) is 20.1. The van der Waals surface area contributed by atoms with Crippen LogP contribution < -0.4 is 4.90 Å². The molecule has 3 aromatic heterocycles. The summed E-state index contributed by atoms with van der Waals surface area (Å²) >= 11 is 3.65. The number of hydrogen-bond donors (Lipinski definition) is 0. The van der Waals surface area contributed by atoms with Crippen LogP contribution in [0, 0.1) is 0 Å². The van der Waals surface area contributed by atoms with Gasteiger partial charge in [-0.05, 0) is 82.4 Å². The molecule has 0 atom stereocenters. The summed E-state index contributed by atoms with van der Waals surface area (Å²) in [5, 5.41) is 5.89. The maximum Gasteiger partial charge on any atom is 0.143 e. The van der Waals surface area contributed by atoms with Crippen LogP contribution in [0.4, 0.5) is 17.1 Å². The van der Waals surface area contributed by atoms with Crippen molar-refractivity contribution >= 4 is 92.1 Å². The lowest BCUT2D eigenvalue weighted by Crippen LogP contribution is -2.10. The van der Waals surface area contributed by atoms with Gasteiger partial charge in [-0.15, -0.1) is 22.7 Å². The number of para-hydroxylation sites is 2. The Bertz CT molecular complexity index is 3530. The zero-order chi connectivity index (χ0) is 39.6. The summed E-state index contributed by atoms with van der Waals surface area (Å²) in [6.07, 6.45) is 0. The van der Waals surface area contributed by atoms with Gasteiger partial charge in [-0.1, -0.05) is 152 Å². The molecule has 0 spiro atoms. The number of fused-ring (bicyclic) bond motifs is 8. The summed E-state index contributed by atoms with van der Waals surface area (Å²) in [5.74, 6) is 0. The number of thiophene rings is 1. The summed E-state index contributed by atoms with van der Waals surface area (Å²) in [5.41, 5.74) is 14.2. The van der Waals surface area contributed by atoms with E-state index >= 15 is 0 Å². The predicted molar refractivity (Wildman–Crippen MR) is 256 cm³/mol. The first-order chi connectivity index (χ1) is 29.7. The molecule has 0 saturated carbocycles. The van der Waals surface area contributed by atoms with E-state index in [0.717, 1.165) is 66.2 Å². The van der Waals surface area contributed by atoms with E-state index < -0.39 is 0 Å². The Balaban J connectivity index is 0.973. The van der Waals surface area contributed by atoms with Crippen molar-refractivity contribution in [1.29, 1.82) is 0 Å². The van der Waals surface area contributed by atoms with Gasteiger partial charge in [-0.25, -0.2) is 4.98 Å². The van der Waals surface area contributed by atoms with Gasteiger partial charge >= 0.3 is 0 Å². The lowest BCUT2D eigenvalue weighted by Gasteiger charge is -2.26. The van der Waals surface area contributed by atoms with Gasteiger partial charge in [0.15, 0.2) is 0 Å². The summed E-state index contributed by atoms with van der Waals surface area (Å²) in [6.45, 7) is 0. The highest BCUT2D eigenvalue weighted by Gasteiger charge is 2.19. The second-order valence-electron chi connectivity index (χ2n) is 15.1. The molecule has 12 rings (SSSR count). The van der Waals surface area contributed by atoms with Crippen molar-refractivity contribution in [3.8, 4) is 44.0 Å². The standard InChI is InChI=1S/C55H34N2OS2/c1-3-12-35(13-4-1)36-24-28-40(29-25-36)57(41-30-26-37(27-31-41)43-19-10-21-46-45-18-7-8-23-49(45)58-52(43)46)42-17-9-16-39(34-42)44-20-11-22-47-51-50(59-53(44)47)33-32-48-54(51)60-55(56-48)38-14-5-2-6-15-38/h1-34H. The summed E-state index contributed by atoms with van der Waals surface area (Å²) in [4.78, 5) is 7.43. The van der Waals surface area contributed by atoms with E-state index in [-0.39, 0.29) is 0 Å². The molecule has 9 aromatic carbocycles. The third kappa shape index (κ3) is 5.82. The number of rotatable bonds is 7. The Morgan fingerprint density at radius 2 is 1.02 bits per heavy atom. The van der Waals surface area contributed by atoms with Crippen molar-refractivity contribution in [3.63, 3.8) is 0 Å². The average molecular weight is 803 g/mol. The Morgan fingerprint density at radius 3 is 1.80 bits per heavy atom. The van der Waals surface area contributed by atoms with Crippen molar-refractivity contribution < 1.29 is 4.42 Å². The fourth-order valence-corrected chi connectivity index (χ4v) is 11.1. The zero-order valence-corrected chi connectivity index (χ0v) is 33.9. The van der Waals surface area contributed by atoms with Crippen molar-refractivity contribution in [1.82, 2.24) is 4.98 Å². The van der Waals surface area contributed by atoms with Gasteiger partial charge in [0.2, 0.25) is 0 Å². The van der Waals surface area contributed by atoms with Gasteiger partial charge in [-0.3, -0.25) is 0 Å². The molecule has 0 fully saturated rings. The molecule has 0 amide bonds. The predicted octanol–water partition coefficient (Wildman–Crippen LogP) is 16.7. The van der Waals surface area contributed by atoms with E-state index in [1.807, 2.05) is 23.5 Å². The van der Waals surface area contributed by atoms with Crippen LogP contribution in [-0.2, 0) is 0 Å². The van der Waals surface area contributed by atoms with Crippen LogP contribution in [0.2, 0.25) is 0 Å². The van der Waals surface area contributed by atoms with Gasteiger partial charge in [0.1, 0.15) is 16.2 Å². The van der Waals surface area contributed by atoms with Crippen LogP contribution in [0.15, 0.2) is 211 Å². The molecule has 0 aliphatic carbocycles. The van der Waals surface area contributed by atoms with Gasteiger partial charge in [0.25, 0.3) is 0 Å². The normalized spacial score (nSPS) is 11.7. The summed E-state index contributed by atoms with van der Waals surface area (Å²) < 4.78 is 10.2. The molecule has 3 heterocycles. The summed E-state index contributed by atoms with van der Waals surface area (Å²) in [7, 11) is 0. The van der Waals surface area contributed by atoms with E-state index in [0.29, 0.717) is 0 Å². The molecule has 0 saturated heterocycles. The van der Waals surface area contributed by atoms with Crippen molar-refractivity contribution in [2.75, 3.05) is 4.90 Å². The quantitative estimate of drug-likeness (QED) is 0.161. The first-order valence-corrected chi connectivity index (χ1v) is 21.7. The van der Waals surface area contributed by atoms with E-state index in [1.165, 1.54) is 47.1 Å². The molecule has 3 nitrogen and oxygen atoms in total. The Kier molecular flexibility index (Phi) is 8.22. The Labute approximate surface area is 354 Å². The number of furan rings is 1.